The summed E-state index contributed by atoms with van der Waals surface area (Å²) in [6, 6.07) is 8.59. The number of hydrogen-bond donors (Lipinski definition) is 3. The van der Waals surface area contributed by atoms with Crippen molar-refractivity contribution >= 4 is 23.2 Å². The van der Waals surface area contributed by atoms with Gasteiger partial charge in [-0.2, -0.15) is 5.26 Å². The molecule has 0 fully saturated rings. The SMILES string of the molecule is Cc1ccc(C#N)cc1Nc1cc(C(=O)O)c(N)cn1. The minimum Gasteiger partial charge on any atom is -0.478 e. The number of carbonyl (C=O) groups is 1. The first-order valence-electron chi connectivity index (χ1n) is 5.78. The van der Waals surface area contributed by atoms with E-state index in [-0.39, 0.29) is 11.3 Å². The van der Waals surface area contributed by atoms with Gasteiger partial charge < -0.3 is 16.2 Å². The molecule has 0 atom stereocenters. The normalized spacial score (nSPS) is 9.80. The molecule has 0 radical (unpaired) electrons. The number of aryl methyl sites for hydroxylation is 1. The number of nitrogen functional groups attached to an aromatic ring is 1. The van der Waals surface area contributed by atoms with E-state index in [1.54, 1.807) is 18.2 Å². The second-order valence-electron chi connectivity index (χ2n) is 4.23. The van der Waals surface area contributed by atoms with Crippen LogP contribution >= 0.6 is 0 Å². The highest BCUT2D eigenvalue weighted by molar-refractivity contribution is 5.94. The van der Waals surface area contributed by atoms with Gasteiger partial charge in [-0.05, 0) is 30.7 Å². The summed E-state index contributed by atoms with van der Waals surface area (Å²) in [7, 11) is 0. The lowest BCUT2D eigenvalue weighted by molar-refractivity contribution is 0.0698. The Morgan fingerprint density at radius 2 is 2.20 bits per heavy atom. The van der Waals surface area contributed by atoms with Crippen molar-refractivity contribution in [2.24, 2.45) is 0 Å². The molecule has 0 amide bonds. The Morgan fingerprint density at radius 3 is 2.85 bits per heavy atom. The number of nitrogens with zero attached hydrogens (tertiary/aromatic N) is 2. The Hall–Kier alpha value is -3.07. The third-order valence-corrected chi connectivity index (χ3v) is 2.79. The van der Waals surface area contributed by atoms with E-state index < -0.39 is 5.97 Å². The number of carboxylic acid groups (broad SMARTS) is 1. The van der Waals surface area contributed by atoms with E-state index in [1.807, 2.05) is 13.0 Å². The minimum absolute atomic E-state index is 0.0170. The summed E-state index contributed by atoms with van der Waals surface area (Å²) in [5, 5.41) is 20.9. The molecule has 6 nitrogen and oxygen atoms in total. The second-order valence-corrected chi connectivity index (χ2v) is 4.23. The molecular weight excluding hydrogens is 256 g/mol. The van der Waals surface area contributed by atoms with E-state index in [1.165, 1.54) is 12.3 Å². The average molecular weight is 268 g/mol. The Bertz CT molecular complexity index is 720. The summed E-state index contributed by atoms with van der Waals surface area (Å²) in [4.78, 5) is 15.0. The summed E-state index contributed by atoms with van der Waals surface area (Å²) in [6.07, 6.45) is 1.29. The van der Waals surface area contributed by atoms with E-state index >= 15 is 0 Å². The molecule has 0 unspecified atom stereocenters. The number of nitrogens with two attached hydrogens (primary N) is 1. The topological polar surface area (TPSA) is 112 Å². The molecule has 100 valence electrons. The van der Waals surface area contributed by atoms with Crippen LogP contribution in [0.3, 0.4) is 0 Å². The minimum atomic E-state index is -1.12. The van der Waals surface area contributed by atoms with Crippen molar-refractivity contribution in [2.45, 2.75) is 6.92 Å². The molecule has 20 heavy (non-hydrogen) atoms. The summed E-state index contributed by atoms with van der Waals surface area (Å²) < 4.78 is 0. The Balaban J connectivity index is 2.38. The molecule has 4 N–H and O–H groups in total. The standard InChI is InChI=1S/C14H12N4O2/c1-8-2-3-9(6-15)4-12(8)18-13-5-10(14(19)20)11(16)7-17-13/h2-5,7H,16H2,1H3,(H,17,18)(H,19,20). The molecule has 0 spiro atoms. The van der Waals surface area contributed by atoms with Crippen molar-refractivity contribution < 1.29 is 9.90 Å². The van der Waals surface area contributed by atoms with Crippen LogP contribution in [0.5, 0.6) is 0 Å². The summed E-state index contributed by atoms with van der Waals surface area (Å²) in [5.41, 5.74) is 7.75. The maximum atomic E-state index is 11.0. The molecule has 2 rings (SSSR count). The summed E-state index contributed by atoms with van der Waals surface area (Å²) >= 11 is 0. The van der Waals surface area contributed by atoms with Gasteiger partial charge in [0.2, 0.25) is 0 Å². The van der Waals surface area contributed by atoms with Crippen molar-refractivity contribution in [1.82, 2.24) is 4.98 Å². The monoisotopic (exact) mass is 268 g/mol. The Kier molecular flexibility index (Phi) is 3.53. The van der Waals surface area contributed by atoms with Crippen molar-refractivity contribution in [2.75, 3.05) is 11.1 Å². The van der Waals surface area contributed by atoms with Gasteiger partial charge in [-0.25, -0.2) is 9.78 Å². The molecule has 0 saturated carbocycles. The fourth-order valence-corrected chi connectivity index (χ4v) is 1.68. The fourth-order valence-electron chi connectivity index (χ4n) is 1.68. The third kappa shape index (κ3) is 2.67. The van der Waals surface area contributed by atoms with Gasteiger partial charge in [0.25, 0.3) is 0 Å². The van der Waals surface area contributed by atoms with Crippen molar-refractivity contribution in [3.8, 4) is 6.07 Å². The number of aromatic carboxylic acids is 1. The van der Waals surface area contributed by atoms with Crippen molar-refractivity contribution in [3.05, 3.63) is 47.2 Å². The highest BCUT2D eigenvalue weighted by Gasteiger charge is 2.10. The zero-order chi connectivity index (χ0) is 14.7. The molecule has 1 heterocycles. The molecule has 0 aliphatic rings. The largest absolute Gasteiger partial charge is 0.478 e. The number of anilines is 3. The van der Waals surface area contributed by atoms with Crippen LogP contribution < -0.4 is 11.1 Å². The first kappa shape index (κ1) is 13.4. The van der Waals surface area contributed by atoms with Gasteiger partial charge in [0.15, 0.2) is 0 Å². The summed E-state index contributed by atoms with van der Waals surface area (Å²) in [6.45, 7) is 1.87. The molecule has 0 bridgehead atoms. The lowest BCUT2D eigenvalue weighted by Gasteiger charge is -2.10. The first-order valence-corrected chi connectivity index (χ1v) is 5.78. The molecule has 1 aromatic heterocycles. The van der Waals surface area contributed by atoms with Gasteiger partial charge in [-0.3, -0.25) is 0 Å². The Morgan fingerprint density at radius 1 is 1.45 bits per heavy atom. The van der Waals surface area contributed by atoms with Crippen LogP contribution in [0, 0.1) is 18.3 Å². The van der Waals surface area contributed by atoms with E-state index in [0.717, 1.165) is 5.56 Å². The van der Waals surface area contributed by atoms with Gasteiger partial charge in [-0.1, -0.05) is 6.07 Å². The van der Waals surface area contributed by atoms with Gasteiger partial charge >= 0.3 is 5.97 Å². The predicted molar refractivity (Wildman–Crippen MR) is 74.8 cm³/mol. The number of nitrogens with one attached hydrogen (secondary N) is 1. The number of hydrogen-bond acceptors (Lipinski definition) is 5. The average Bonchev–Trinajstić information content (AvgIpc) is 2.43. The van der Waals surface area contributed by atoms with Crippen LogP contribution in [0.4, 0.5) is 17.2 Å². The zero-order valence-electron chi connectivity index (χ0n) is 10.7. The maximum absolute atomic E-state index is 11.0. The first-order chi connectivity index (χ1) is 9.51. The van der Waals surface area contributed by atoms with Crippen LogP contribution in [-0.4, -0.2) is 16.1 Å². The summed E-state index contributed by atoms with van der Waals surface area (Å²) in [5.74, 6) is -0.759. The van der Waals surface area contributed by atoms with Crippen LogP contribution in [0.15, 0.2) is 30.5 Å². The highest BCUT2D eigenvalue weighted by Crippen LogP contribution is 2.22. The number of nitriles is 1. The highest BCUT2D eigenvalue weighted by atomic mass is 16.4. The maximum Gasteiger partial charge on any atom is 0.337 e. The molecule has 1 aromatic carbocycles. The number of carboxylic acids is 1. The van der Waals surface area contributed by atoms with Gasteiger partial charge in [0.1, 0.15) is 5.82 Å². The molecular formula is C14H12N4O2. The van der Waals surface area contributed by atoms with Crippen LogP contribution in [0.2, 0.25) is 0 Å². The lowest BCUT2D eigenvalue weighted by Crippen LogP contribution is -2.05. The van der Waals surface area contributed by atoms with E-state index in [4.69, 9.17) is 16.1 Å². The van der Waals surface area contributed by atoms with Gasteiger partial charge in [-0.15, -0.1) is 0 Å². The number of aromatic nitrogens is 1. The number of rotatable bonds is 3. The van der Waals surface area contributed by atoms with Gasteiger partial charge in [0, 0.05) is 5.69 Å². The molecule has 0 saturated heterocycles. The Labute approximate surface area is 115 Å². The van der Waals surface area contributed by atoms with Gasteiger partial charge in [0.05, 0.1) is 29.1 Å². The zero-order valence-corrected chi connectivity index (χ0v) is 10.7. The smallest absolute Gasteiger partial charge is 0.337 e. The van der Waals surface area contributed by atoms with Crippen molar-refractivity contribution in [1.29, 1.82) is 5.26 Å². The predicted octanol–water partition coefficient (Wildman–Crippen LogP) is 2.29. The fraction of sp³-hybridized carbons (Fsp3) is 0.0714. The van der Waals surface area contributed by atoms with E-state index in [0.29, 0.717) is 17.1 Å². The quantitative estimate of drug-likeness (QED) is 0.787. The molecule has 2 aromatic rings. The second kappa shape index (κ2) is 5.28. The van der Waals surface area contributed by atoms with Crippen LogP contribution in [-0.2, 0) is 0 Å². The lowest BCUT2D eigenvalue weighted by atomic mass is 10.1. The number of pyridine rings is 1. The van der Waals surface area contributed by atoms with Crippen LogP contribution in [0.25, 0.3) is 0 Å². The molecule has 0 aliphatic carbocycles. The van der Waals surface area contributed by atoms with E-state index in [9.17, 15) is 4.79 Å². The third-order valence-electron chi connectivity index (χ3n) is 2.79. The number of benzene rings is 1. The van der Waals surface area contributed by atoms with Crippen molar-refractivity contribution in [3.63, 3.8) is 0 Å². The van der Waals surface area contributed by atoms with E-state index in [2.05, 4.69) is 10.3 Å². The van der Waals surface area contributed by atoms with Crippen LogP contribution in [0.1, 0.15) is 21.5 Å². The molecule has 6 heteroatoms. The molecule has 0 aliphatic heterocycles.